The van der Waals surface area contributed by atoms with Crippen LogP contribution in [0.3, 0.4) is 0 Å². The molecule has 1 N–H and O–H groups in total. The molecule has 2 aliphatic rings. The monoisotopic (exact) mass is 307 g/mol. The summed E-state index contributed by atoms with van der Waals surface area (Å²) in [6.45, 7) is 6.63. The Morgan fingerprint density at radius 2 is 1.95 bits per heavy atom. The first-order valence-electron chi connectivity index (χ1n) is 7.62. The summed E-state index contributed by atoms with van der Waals surface area (Å²) in [6, 6.07) is 3.79. The van der Waals surface area contributed by atoms with Gasteiger partial charge in [-0.15, -0.1) is 0 Å². The maximum absolute atomic E-state index is 6.33. The molecule has 0 saturated heterocycles. The summed E-state index contributed by atoms with van der Waals surface area (Å²) in [5.41, 5.74) is 2.43. The highest BCUT2D eigenvalue weighted by molar-refractivity contribution is 6.33. The summed E-state index contributed by atoms with van der Waals surface area (Å²) in [5.74, 6) is 2.85. The summed E-state index contributed by atoms with van der Waals surface area (Å²) >= 11 is 6.33. The number of hydrogen-bond donors (Lipinski definition) is 1. The number of nitrogens with one attached hydrogen (secondary N) is 1. The minimum Gasteiger partial charge on any atom is -0.486 e. The van der Waals surface area contributed by atoms with Crippen molar-refractivity contribution in [1.29, 1.82) is 0 Å². The summed E-state index contributed by atoms with van der Waals surface area (Å²) in [7, 11) is 0. The van der Waals surface area contributed by atoms with Gasteiger partial charge in [-0.1, -0.05) is 30.2 Å². The second-order valence-corrected chi connectivity index (χ2v) is 6.56. The normalized spacial score (nSPS) is 24.4. The van der Waals surface area contributed by atoms with E-state index < -0.39 is 0 Å². The number of allylic oxidation sites excluding steroid dienone is 2. The zero-order valence-corrected chi connectivity index (χ0v) is 13.4. The van der Waals surface area contributed by atoms with Crippen LogP contribution in [0, 0.1) is 11.8 Å². The largest absolute Gasteiger partial charge is 0.486 e. The van der Waals surface area contributed by atoms with Gasteiger partial charge < -0.3 is 14.8 Å². The number of fused-ring (bicyclic) bond motifs is 1. The Morgan fingerprint density at radius 3 is 2.67 bits per heavy atom. The van der Waals surface area contributed by atoms with Gasteiger partial charge in [-0.3, -0.25) is 0 Å². The first-order chi connectivity index (χ1) is 10.1. The highest BCUT2D eigenvalue weighted by atomic mass is 35.5. The first kappa shape index (κ1) is 14.6. The molecule has 1 aromatic rings. The molecule has 2 atom stereocenters. The van der Waals surface area contributed by atoms with Gasteiger partial charge in [-0.05, 0) is 31.6 Å². The van der Waals surface area contributed by atoms with E-state index in [0.717, 1.165) is 23.7 Å². The maximum Gasteiger partial charge on any atom is 0.163 e. The molecule has 1 aliphatic heterocycles. The molecule has 0 radical (unpaired) electrons. The van der Waals surface area contributed by atoms with E-state index in [1.54, 1.807) is 0 Å². The van der Waals surface area contributed by atoms with E-state index in [1.165, 1.54) is 18.4 Å². The Kier molecular flexibility index (Phi) is 4.29. The van der Waals surface area contributed by atoms with E-state index in [2.05, 4.69) is 25.2 Å². The van der Waals surface area contributed by atoms with E-state index in [-0.39, 0.29) is 0 Å². The van der Waals surface area contributed by atoms with Gasteiger partial charge in [0.15, 0.2) is 11.5 Å². The Morgan fingerprint density at radius 1 is 1.24 bits per heavy atom. The van der Waals surface area contributed by atoms with Gasteiger partial charge in [0, 0.05) is 18.7 Å². The molecule has 114 valence electrons. The zero-order chi connectivity index (χ0) is 14.8. The number of anilines is 1. The van der Waals surface area contributed by atoms with Gasteiger partial charge in [0.1, 0.15) is 13.2 Å². The van der Waals surface area contributed by atoms with Crippen molar-refractivity contribution in [3.8, 4) is 11.5 Å². The van der Waals surface area contributed by atoms with E-state index in [1.807, 2.05) is 12.1 Å². The third-order valence-corrected chi connectivity index (χ3v) is 4.41. The molecular weight excluding hydrogens is 286 g/mol. The highest BCUT2D eigenvalue weighted by Crippen LogP contribution is 2.38. The molecule has 0 saturated carbocycles. The Bertz CT molecular complexity index is 556. The fourth-order valence-electron chi connectivity index (χ4n) is 3.30. The van der Waals surface area contributed by atoms with Crippen molar-refractivity contribution in [1.82, 2.24) is 0 Å². The smallest absolute Gasteiger partial charge is 0.163 e. The van der Waals surface area contributed by atoms with Crippen LogP contribution >= 0.6 is 11.6 Å². The number of hydrogen-bond acceptors (Lipinski definition) is 3. The Balaban J connectivity index is 1.67. The molecule has 2 unspecified atom stereocenters. The van der Waals surface area contributed by atoms with Crippen LogP contribution < -0.4 is 14.8 Å². The second-order valence-electron chi connectivity index (χ2n) is 6.15. The minimum absolute atomic E-state index is 0.585. The van der Waals surface area contributed by atoms with Crippen molar-refractivity contribution in [3.63, 3.8) is 0 Å². The van der Waals surface area contributed by atoms with E-state index in [9.17, 15) is 0 Å². The zero-order valence-electron chi connectivity index (χ0n) is 12.6. The fraction of sp³-hybridized carbons (Fsp3) is 0.529. The van der Waals surface area contributed by atoms with E-state index in [4.69, 9.17) is 21.1 Å². The topological polar surface area (TPSA) is 30.5 Å². The lowest BCUT2D eigenvalue weighted by Crippen LogP contribution is -2.20. The molecule has 0 spiro atoms. The molecule has 1 aliphatic carbocycles. The van der Waals surface area contributed by atoms with Crippen LogP contribution in [-0.2, 0) is 0 Å². The van der Waals surface area contributed by atoms with Crippen LogP contribution in [-0.4, -0.2) is 19.8 Å². The first-order valence-corrected chi connectivity index (χ1v) is 8.00. The summed E-state index contributed by atoms with van der Waals surface area (Å²) in [4.78, 5) is 0. The number of rotatable bonds is 3. The number of ether oxygens (including phenoxy) is 2. The van der Waals surface area contributed by atoms with E-state index in [0.29, 0.717) is 30.1 Å². The fourth-order valence-corrected chi connectivity index (χ4v) is 3.52. The quantitative estimate of drug-likeness (QED) is 0.833. The van der Waals surface area contributed by atoms with Gasteiger partial charge in [0.05, 0.1) is 10.7 Å². The molecule has 3 rings (SSSR count). The molecule has 0 aromatic heterocycles. The summed E-state index contributed by atoms with van der Waals surface area (Å²) in [6.07, 6.45) is 4.78. The lowest BCUT2D eigenvalue weighted by atomic mass is 9.84. The van der Waals surface area contributed by atoms with Gasteiger partial charge >= 0.3 is 0 Å². The molecule has 0 bridgehead atoms. The van der Waals surface area contributed by atoms with Crippen molar-refractivity contribution in [2.24, 2.45) is 11.8 Å². The van der Waals surface area contributed by atoms with Gasteiger partial charge in [0.25, 0.3) is 0 Å². The van der Waals surface area contributed by atoms with Gasteiger partial charge in [0.2, 0.25) is 0 Å². The lowest BCUT2D eigenvalue weighted by Gasteiger charge is -2.26. The van der Waals surface area contributed by atoms with Crippen LogP contribution in [0.15, 0.2) is 23.8 Å². The minimum atomic E-state index is 0.585. The van der Waals surface area contributed by atoms with E-state index >= 15 is 0 Å². The molecule has 3 nitrogen and oxygen atoms in total. The molecule has 0 amide bonds. The summed E-state index contributed by atoms with van der Waals surface area (Å²) < 4.78 is 11.1. The van der Waals surface area contributed by atoms with Crippen molar-refractivity contribution in [3.05, 3.63) is 28.8 Å². The predicted molar refractivity (Wildman–Crippen MR) is 86.6 cm³/mol. The molecule has 21 heavy (non-hydrogen) atoms. The van der Waals surface area contributed by atoms with Crippen LogP contribution in [0.25, 0.3) is 0 Å². The van der Waals surface area contributed by atoms with Crippen LogP contribution in [0.5, 0.6) is 11.5 Å². The average Bonchev–Trinajstić information content (AvgIpc) is 2.44. The third kappa shape index (κ3) is 3.46. The average molecular weight is 308 g/mol. The van der Waals surface area contributed by atoms with Crippen LogP contribution in [0.4, 0.5) is 5.69 Å². The van der Waals surface area contributed by atoms with Crippen molar-refractivity contribution in [2.75, 3.05) is 25.1 Å². The van der Waals surface area contributed by atoms with Crippen molar-refractivity contribution < 1.29 is 9.47 Å². The van der Waals surface area contributed by atoms with Gasteiger partial charge in [-0.2, -0.15) is 0 Å². The van der Waals surface area contributed by atoms with Crippen LogP contribution in [0.2, 0.25) is 5.02 Å². The standard InChI is InChI=1S/C17H22ClNO2/c1-11-5-12(2)7-13(6-11)10-19-15-9-17-16(8-14(15)18)20-3-4-21-17/h5,8-9,11,13,19H,3-4,6-7,10H2,1-2H3. The van der Waals surface area contributed by atoms with Crippen molar-refractivity contribution >= 4 is 17.3 Å². The van der Waals surface area contributed by atoms with Gasteiger partial charge in [-0.25, -0.2) is 0 Å². The molecule has 0 fully saturated rings. The second kappa shape index (κ2) is 6.18. The maximum atomic E-state index is 6.33. The molecular formula is C17H22ClNO2. The van der Waals surface area contributed by atoms with Crippen molar-refractivity contribution in [2.45, 2.75) is 26.7 Å². The Hall–Kier alpha value is -1.35. The van der Waals surface area contributed by atoms with Crippen LogP contribution in [0.1, 0.15) is 26.7 Å². The molecule has 1 aromatic carbocycles. The third-order valence-electron chi connectivity index (χ3n) is 4.10. The molecule has 1 heterocycles. The molecule has 4 heteroatoms. The predicted octanol–water partition coefficient (Wildman–Crippen LogP) is 4.52. The highest BCUT2D eigenvalue weighted by Gasteiger charge is 2.19. The lowest BCUT2D eigenvalue weighted by molar-refractivity contribution is 0.171. The SMILES string of the molecule is CC1=CC(C)CC(CNc2cc3c(cc2Cl)OCCO3)C1. The Labute approximate surface area is 131 Å². The summed E-state index contributed by atoms with van der Waals surface area (Å²) in [5, 5.41) is 4.17. The number of halogens is 1. The number of benzene rings is 1.